The lowest BCUT2D eigenvalue weighted by atomic mass is 10.3. The summed E-state index contributed by atoms with van der Waals surface area (Å²) >= 11 is 0. The van der Waals surface area contributed by atoms with Crippen molar-refractivity contribution >= 4 is 33.2 Å². The lowest BCUT2D eigenvalue weighted by Gasteiger charge is -2.20. The van der Waals surface area contributed by atoms with Crippen molar-refractivity contribution in [2.45, 2.75) is 54.0 Å². The van der Waals surface area contributed by atoms with Crippen LogP contribution in [-0.4, -0.2) is 30.7 Å². The van der Waals surface area contributed by atoms with Gasteiger partial charge in [0, 0.05) is 31.9 Å². The molecule has 0 radical (unpaired) electrons. The van der Waals surface area contributed by atoms with Crippen molar-refractivity contribution in [1.82, 2.24) is 0 Å². The normalized spacial score (nSPS) is 12.0. The minimum absolute atomic E-state index is 0.261. The van der Waals surface area contributed by atoms with Crippen molar-refractivity contribution < 1.29 is 8.85 Å². The highest BCUT2D eigenvalue weighted by Gasteiger charge is 2.31. The van der Waals surface area contributed by atoms with E-state index in [9.17, 15) is 0 Å². The van der Waals surface area contributed by atoms with Gasteiger partial charge in [-0.2, -0.15) is 0 Å². The SMILES string of the molecule is CN(C)c1ccc([S+](c2cccc(O[Si](C)(C)C)c2)c2cccc(O[Si](C)(C)C)c2)cc1. The van der Waals surface area contributed by atoms with Crippen LogP contribution in [0.2, 0.25) is 39.3 Å². The van der Waals surface area contributed by atoms with Gasteiger partial charge in [-0.15, -0.1) is 0 Å². The molecule has 0 heterocycles. The molecule has 3 aromatic carbocycles. The second kappa shape index (κ2) is 9.77. The molecule has 0 aliphatic heterocycles. The van der Waals surface area contributed by atoms with E-state index in [-0.39, 0.29) is 10.9 Å². The average Bonchev–Trinajstić information content (AvgIpc) is 2.66. The topological polar surface area (TPSA) is 21.7 Å². The molecule has 3 nitrogen and oxygen atoms in total. The van der Waals surface area contributed by atoms with Crippen molar-refractivity contribution in [3.8, 4) is 11.5 Å². The Kier molecular flexibility index (Phi) is 7.48. The number of hydrogen-bond acceptors (Lipinski definition) is 3. The van der Waals surface area contributed by atoms with Gasteiger partial charge in [-0.25, -0.2) is 0 Å². The third kappa shape index (κ3) is 6.92. The van der Waals surface area contributed by atoms with Gasteiger partial charge in [-0.05, 0) is 87.8 Å². The quantitative estimate of drug-likeness (QED) is 0.249. The van der Waals surface area contributed by atoms with Crippen LogP contribution in [0.3, 0.4) is 0 Å². The molecule has 0 spiro atoms. The van der Waals surface area contributed by atoms with Crippen molar-refractivity contribution in [1.29, 1.82) is 0 Å². The Morgan fingerprint density at radius 3 is 1.41 bits per heavy atom. The summed E-state index contributed by atoms with van der Waals surface area (Å²) in [5.74, 6) is 1.91. The number of benzene rings is 3. The van der Waals surface area contributed by atoms with E-state index in [0.717, 1.165) is 11.5 Å². The van der Waals surface area contributed by atoms with Crippen LogP contribution in [0.1, 0.15) is 0 Å². The van der Waals surface area contributed by atoms with Crippen LogP contribution < -0.4 is 13.8 Å². The van der Waals surface area contributed by atoms with Crippen molar-refractivity contribution in [3.05, 3.63) is 72.8 Å². The van der Waals surface area contributed by atoms with Crippen molar-refractivity contribution in [3.63, 3.8) is 0 Å². The lowest BCUT2D eigenvalue weighted by Crippen LogP contribution is -2.29. The fraction of sp³-hybridized carbons (Fsp3) is 0.308. The summed E-state index contributed by atoms with van der Waals surface area (Å²) in [4.78, 5) is 5.92. The van der Waals surface area contributed by atoms with E-state index in [4.69, 9.17) is 8.85 Å². The van der Waals surface area contributed by atoms with Gasteiger partial charge in [0.15, 0.2) is 14.7 Å². The highest BCUT2D eigenvalue weighted by Crippen LogP contribution is 2.35. The number of hydrogen-bond donors (Lipinski definition) is 0. The first-order valence-electron chi connectivity index (χ1n) is 11.0. The van der Waals surface area contributed by atoms with Crippen LogP contribution >= 0.6 is 0 Å². The summed E-state index contributed by atoms with van der Waals surface area (Å²) in [6.07, 6.45) is 0. The van der Waals surface area contributed by atoms with Crippen LogP contribution in [-0.2, 0) is 10.9 Å². The van der Waals surface area contributed by atoms with E-state index in [1.165, 1.54) is 20.4 Å². The van der Waals surface area contributed by atoms with Crippen molar-refractivity contribution in [2.75, 3.05) is 19.0 Å². The van der Waals surface area contributed by atoms with Crippen molar-refractivity contribution in [2.24, 2.45) is 0 Å². The van der Waals surface area contributed by atoms with Gasteiger partial charge < -0.3 is 13.8 Å². The molecule has 0 bridgehead atoms. The largest absolute Gasteiger partial charge is 0.544 e. The predicted octanol–water partition coefficient (Wildman–Crippen LogP) is 7.28. The second-order valence-electron chi connectivity index (χ2n) is 10.1. The molecule has 0 amide bonds. The molecule has 0 fully saturated rings. The van der Waals surface area contributed by atoms with Gasteiger partial charge in [-0.3, -0.25) is 0 Å². The lowest BCUT2D eigenvalue weighted by molar-refractivity contribution is 0.556. The van der Waals surface area contributed by atoms with Gasteiger partial charge >= 0.3 is 0 Å². The molecule has 3 rings (SSSR count). The van der Waals surface area contributed by atoms with Gasteiger partial charge in [0.2, 0.25) is 16.6 Å². The van der Waals surface area contributed by atoms with Gasteiger partial charge in [0.25, 0.3) is 0 Å². The average molecular weight is 483 g/mol. The Morgan fingerprint density at radius 2 is 1.03 bits per heavy atom. The maximum absolute atomic E-state index is 6.32. The molecule has 0 N–H and O–H groups in total. The van der Waals surface area contributed by atoms with E-state index in [0.29, 0.717) is 0 Å². The monoisotopic (exact) mass is 482 g/mol. The first kappa shape index (κ1) is 24.5. The zero-order chi connectivity index (χ0) is 23.5. The highest BCUT2D eigenvalue weighted by atomic mass is 32.2. The number of anilines is 1. The minimum atomic E-state index is -1.69. The van der Waals surface area contributed by atoms with E-state index in [1.807, 2.05) is 0 Å². The Labute approximate surface area is 199 Å². The molecule has 3 aromatic rings. The zero-order valence-electron chi connectivity index (χ0n) is 20.6. The summed E-state index contributed by atoms with van der Waals surface area (Å²) in [5, 5.41) is 0. The van der Waals surface area contributed by atoms with E-state index < -0.39 is 16.6 Å². The van der Waals surface area contributed by atoms with Gasteiger partial charge in [0.1, 0.15) is 11.5 Å². The summed E-state index contributed by atoms with van der Waals surface area (Å²) in [6, 6.07) is 26.1. The van der Waals surface area contributed by atoms with Crippen LogP contribution in [0.15, 0.2) is 87.5 Å². The van der Waals surface area contributed by atoms with Crippen LogP contribution in [0.5, 0.6) is 11.5 Å². The minimum Gasteiger partial charge on any atom is -0.544 e. The third-order valence-corrected chi connectivity index (χ3v) is 8.41. The summed E-state index contributed by atoms with van der Waals surface area (Å²) in [7, 11) is 0.508. The molecule has 170 valence electrons. The third-order valence-electron chi connectivity index (χ3n) is 4.52. The maximum atomic E-state index is 6.32. The molecule has 0 aromatic heterocycles. The molecule has 0 unspecified atom stereocenters. The first-order valence-corrected chi connectivity index (χ1v) is 19.1. The molecule has 0 saturated heterocycles. The van der Waals surface area contributed by atoms with E-state index in [2.05, 4.69) is 131 Å². The Bertz CT molecular complexity index is 981. The predicted molar refractivity (Wildman–Crippen MR) is 144 cm³/mol. The fourth-order valence-electron chi connectivity index (χ4n) is 3.33. The molecule has 0 aliphatic carbocycles. The van der Waals surface area contributed by atoms with Crippen LogP contribution in [0, 0.1) is 0 Å². The Morgan fingerprint density at radius 1 is 0.594 bits per heavy atom. The molecule has 6 heteroatoms. The van der Waals surface area contributed by atoms with Gasteiger partial charge in [0.05, 0.1) is 10.9 Å². The molecular weight excluding hydrogens is 447 g/mol. The van der Waals surface area contributed by atoms with Crippen LogP contribution in [0.25, 0.3) is 0 Å². The number of nitrogens with zero attached hydrogens (tertiary/aromatic N) is 1. The smallest absolute Gasteiger partial charge is 0.242 e. The molecule has 0 aliphatic rings. The second-order valence-corrected chi connectivity index (χ2v) is 21.0. The first-order chi connectivity index (χ1) is 14.9. The van der Waals surface area contributed by atoms with E-state index in [1.54, 1.807) is 0 Å². The highest BCUT2D eigenvalue weighted by molar-refractivity contribution is 7.97. The molecular formula is C26H36NO2SSi2+. The summed E-state index contributed by atoms with van der Waals surface area (Å²) < 4.78 is 12.6. The molecule has 32 heavy (non-hydrogen) atoms. The summed E-state index contributed by atoms with van der Waals surface area (Å²) in [5.41, 5.74) is 1.20. The standard InChI is InChI=1S/C26H36NO2SSi2/c1-27(2)21-15-17-24(18-16-21)30(25-13-9-11-22(19-25)28-31(3,4)5)26-14-10-12-23(20-26)29-32(6,7)8/h9-20H,1-8H3/q+1. The zero-order valence-corrected chi connectivity index (χ0v) is 23.4. The maximum Gasteiger partial charge on any atom is 0.242 e. The van der Waals surface area contributed by atoms with Crippen LogP contribution in [0.4, 0.5) is 5.69 Å². The summed E-state index contributed by atoms with van der Waals surface area (Å²) in [6.45, 7) is 13.3. The van der Waals surface area contributed by atoms with E-state index >= 15 is 0 Å². The van der Waals surface area contributed by atoms with Gasteiger partial charge in [-0.1, -0.05) is 12.1 Å². The Hall–Kier alpha value is -2.16. The molecule has 0 atom stereocenters. The number of rotatable bonds is 8. The Balaban J connectivity index is 2.09. The molecule has 0 saturated carbocycles. The fourth-order valence-corrected chi connectivity index (χ4v) is 7.12.